The number of carbonyl (C=O) groups is 2. The molecule has 1 aliphatic carbocycles. The Morgan fingerprint density at radius 3 is 2.60 bits per heavy atom. The van der Waals surface area contributed by atoms with E-state index in [1.165, 1.54) is 19.3 Å². The maximum atomic E-state index is 12.2. The highest BCUT2D eigenvalue weighted by Gasteiger charge is 2.38. The van der Waals surface area contributed by atoms with Crippen molar-refractivity contribution in [3.8, 4) is 0 Å². The molecular weight excluding hydrogens is 256 g/mol. The summed E-state index contributed by atoms with van der Waals surface area (Å²) >= 11 is 0. The van der Waals surface area contributed by atoms with Gasteiger partial charge in [0.25, 0.3) is 0 Å². The Morgan fingerprint density at radius 1 is 1.30 bits per heavy atom. The van der Waals surface area contributed by atoms with Gasteiger partial charge in [-0.05, 0) is 31.1 Å². The lowest BCUT2D eigenvalue weighted by molar-refractivity contribution is -0.143. The molecule has 20 heavy (non-hydrogen) atoms. The van der Waals surface area contributed by atoms with Gasteiger partial charge in [0, 0.05) is 12.6 Å². The van der Waals surface area contributed by atoms with Crippen molar-refractivity contribution in [1.82, 2.24) is 10.6 Å². The number of carbonyl (C=O) groups excluding carboxylic acids is 1. The molecule has 0 aromatic rings. The first-order valence-electron chi connectivity index (χ1n) is 7.75. The third-order valence-electron chi connectivity index (χ3n) is 4.80. The smallest absolute Gasteiger partial charge is 0.308 e. The van der Waals surface area contributed by atoms with Crippen LogP contribution in [0.15, 0.2) is 0 Å². The lowest BCUT2D eigenvalue weighted by atomic mass is 9.85. The van der Waals surface area contributed by atoms with Crippen molar-refractivity contribution < 1.29 is 14.7 Å². The molecule has 114 valence electrons. The number of fused-ring (bicyclic) bond motifs is 1. The lowest BCUT2D eigenvalue weighted by Gasteiger charge is -2.24. The van der Waals surface area contributed by atoms with Crippen molar-refractivity contribution in [1.29, 1.82) is 0 Å². The van der Waals surface area contributed by atoms with Crippen molar-refractivity contribution in [3.63, 3.8) is 0 Å². The van der Waals surface area contributed by atoms with Gasteiger partial charge in [0.15, 0.2) is 0 Å². The monoisotopic (exact) mass is 282 g/mol. The van der Waals surface area contributed by atoms with E-state index in [1.54, 1.807) is 0 Å². The zero-order valence-corrected chi connectivity index (χ0v) is 12.4. The van der Waals surface area contributed by atoms with E-state index in [2.05, 4.69) is 10.6 Å². The number of amides is 1. The van der Waals surface area contributed by atoms with Gasteiger partial charge in [-0.3, -0.25) is 9.59 Å². The second kappa shape index (κ2) is 6.57. The minimum absolute atomic E-state index is 0.0203. The van der Waals surface area contributed by atoms with E-state index in [1.807, 2.05) is 13.8 Å². The first-order valence-corrected chi connectivity index (χ1v) is 7.75. The predicted molar refractivity (Wildman–Crippen MR) is 76.3 cm³/mol. The van der Waals surface area contributed by atoms with Crippen molar-refractivity contribution >= 4 is 11.9 Å². The van der Waals surface area contributed by atoms with E-state index < -0.39 is 11.9 Å². The van der Waals surface area contributed by atoms with Crippen LogP contribution in [0.3, 0.4) is 0 Å². The van der Waals surface area contributed by atoms with Crippen LogP contribution in [-0.4, -0.2) is 35.6 Å². The molecule has 1 aliphatic heterocycles. The molecule has 1 heterocycles. The number of carboxylic acids is 1. The van der Waals surface area contributed by atoms with Crippen molar-refractivity contribution in [2.75, 3.05) is 6.54 Å². The number of hydrogen-bond donors (Lipinski definition) is 3. The van der Waals surface area contributed by atoms with Gasteiger partial charge in [-0.25, -0.2) is 0 Å². The summed E-state index contributed by atoms with van der Waals surface area (Å²) in [6.45, 7) is 3.96. The SMILES string of the molecule is CC(C)C(CNC(=O)C1CC2CCCCC2N1)C(=O)O. The third-order valence-corrected chi connectivity index (χ3v) is 4.80. The number of carboxylic acid groups (broad SMARTS) is 1. The molecule has 1 amide bonds. The maximum Gasteiger partial charge on any atom is 0.308 e. The highest BCUT2D eigenvalue weighted by Crippen LogP contribution is 2.33. The Bertz CT molecular complexity index is 356. The van der Waals surface area contributed by atoms with Gasteiger partial charge in [0.2, 0.25) is 5.91 Å². The Kier molecular flexibility index (Phi) is 5.02. The van der Waals surface area contributed by atoms with Crippen molar-refractivity contribution in [3.05, 3.63) is 0 Å². The van der Waals surface area contributed by atoms with Crippen LogP contribution in [0.1, 0.15) is 46.0 Å². The van der Waals surface area contributed by atoms with E-state index >= 15 is 0 Å². The molecule has 2 aliphatic rings. The van der Waals surface area contributed by atoms with Crippen LogP contribution in [0.2, 0.25) is 0 Å². The summed E-state index contributed by atoms with van der Waals surface area (Å²) in [7, 11) is 0. The fourth-order valence-electron chi connectivity index (χ4n) is 3.46. The maximum absolute atomic E-state index is 12.2. The second-order valence-electron chi connectivity index (χ2n) is 6.54. The summed E-state index contributed by atoms with van der Waals surface area (Å²) in [4.78, 5) is 23.3. The fourth-order valence-corrected chi connectivity index (χ4v) is 3.46. The normalized spacial score (nSPS) is 30.9. The van der Waals surface area contributed by atoms with Crippen molar-refractivity contribution in [2.45, 2.75) is 58.0 Å². The van der Waals surface area contributed by atoms with Gasteiger partial charge in [-0.1, -0.05) is 26.7 Å². The van der Waals surface area contributed by atoms with Gasteiger partial charge in [-0.2, -0.15) is 0 Å². The Morgan fingerprint density at radius 2 is 2.00 bits per heavy atom. The lowest BCUT2D eigenvalue weighted by Crippen LogP contribution is -2.45. The molecule has 0 aromatic heterocycles. The average Bonchev–Trinajstić information content (AvgIpc) is 2.81. The molecule has 2 rings (SSSR count). The summed E-state index contributed by atoms with van der Waals surface area (Å²) in [6.07, 6.45) is 5.79. The summed E-state index contributed by atoms with van der Waals surface area (Å²) in [5, 5.41) is 15.4. The summed E-state index contributed by atoms with van der Waals surface area (Å²) in [5.74, 6) is -0.742. The minimum atomic E-state index is -0.839. The molecule has 5 nitrogen and oxygen atoms in total. The molecular formula is C15H26N2O3. The number of aliphatic carboxylic acids is 1. The molecule has 3 N–H and O–H groups in total. The highest BCUT2D eigenvalue weighted by molar-refractivity contribution is 5.82. The highest BCUT2D eigenvalue weighted by atomic mass is 16.4. The number of hydrogen-bond acceptors (Lipinski definition) is 3. The molecule has 4 unspecified atom stereocenters. The molecule has 5 heteroatoms. The Hall–Kier alpha value is -1.10. The average molecular weight is 282 g/mol. The zero-order chi connectivity index (χ0) is 14.7. The predicted octanol–water partition coefficient (Wildman–Crippen LogP) is 1.38. The Labute approximate surface area is 120 Å². The van der Waals surface area contributed by atoms with E-state index in [4.69, 9.17) is 5.11 Å². The number of rotatable bonds is 5. The van der Waals surface area contributed by atoms with Gasteiger partial charge in [-0.15, -0.1) is 0 Å². The van der Waals surface area contributed by atoms with Gasteiger partial charge in [0.1, 0.15) is 0 Å². The quantitative estimate of drug-likeness (QED) is 0.712. The number of nitrogens with one attached hydrogen (secondary N) is 2. The van der Waals surface area contributed by atoms with Crippen LogP contribution in [0.5, 0.6) is 0 Å². The van der Waals surface area contributed by atoms with Crippen LogP contribution >= 0.6 is 0 Å². The van der Waals surface area contributed by atoms with Crippen LogP contribution < -0.4 is 10.6 Å². The zero-order valence-electron chi connectivity index (χ0n) is 12.4. The molecule has 0 aromatic carbocycles. The third kappa shape index (κ3) is 3.51. The summed E-state index contributed by atoms with van der Waals surface area (Å²) in [6, 6.07) is 0.351. The molecule has 0 bridgehead atoms. The van der Waals surface area contributed by atoms with Crippen LogP contribution in [0.25, 0.3) is 0 Å². The minimum Gasteiger partial charge on any atom is -0.481 e. The van der Waals surface area contributed by atoms with Crippen LogP contribution in [0.4, 0.5) is 0 Å². The molecule has 2 fully saturated rings. The van der Waals surface area contributed by atoms with Crippen LogP contribution in [0, 0.1) is 17.8 Å². The Balaban J connectivity index is 1.82. The van der Waals surface area contributed by atoms with Gasteiger partial charge in [0.05, 0.1) is 12.0 Å². The molecule has 0 radical (unpaired) electrons. The van der Waals surface area contributed by atoms with Gasteiger partial charge < -0.3 is 15.7 Å². The first-order chi connectivity index (χ1) is 9.49. The van der Waals surface area contributed by atoms with Crippen molar-refractivity contribution in [2.24, 2.45) is 17.8 Å². The van der Waals surface area contributed by atoms with E-state index in [9.17, 15) is 9.59 Å². The standard InChI is InChI=1S/C15H26N2O3/c1-9(2)11(15(19)20)8-16-14(18)13-7-10-5-3-4-6-12(10)17-13/h9-13,17H,3-8H2,1-2H3,(H,16,18)(H,19,20). The molecule has 1 saturated heterocycles. The second-order valence-corrected chi connectivity index (χ2v) is 6.54. The first kappa shape index (κ1) is 15.3. The molecule has 1 saturated carbocycles. The molecule has 4 atom stereocenters. The van der Waals surface area contributed by atoms with E-state index in [0.717, 1.165) is 12.8 Å². The van der Waals surface area contributed by atoms with E-state index in [-0.39, 0.29) is 24.4 Å². The summed E-state index contributed by atoms with van der Waals surface area (Å²) < 4.78 is 0. The largest absolute Gasteiger partial charge is 0.481 e. The van der Waals surface area contributed by atoms with E-state index in [0.29, 0.717) is 12.0 Å². The summed E-state index contributed by atoms with van der Waals surface area (Å²) in [5.41, 5.74) is 0. The topological polar surface area (TPSA) is 78.4 Å². The van der Waals surface area contributed by atoms with Crippen LogP contribution in [-0.2, 0) is 9.59 Å². The van der Waals surface area contributed by atoms with Gasteiger partial charge >= 0.3 is 5.97 Å². The molecule has 0 spiro atoms. The fraction of sp³-hybridized carbons (Fsp3) is 0.867.